The van der Waals surface area contributed by atoms with Gasteiger partial charge < -0.3 is 0 Å². The minimum Gasteiger partial charge on any atom is -0.286 e. The van der Waals surface area contributed by atoms with E-state index in [4.69, 9.17) is 15.0 Å². The van der Waals surface area contributed by atoms with E-state index in [0.717, 1.165) is 44.8 Å². The van der Waals surface area contributed by atoms with Gasteiger partial charge in [-0.15, -0.1) is 0 Å². The van der Waals surface area contributed by atoms with Crippen LogP contribution in [0.5, 0.6) is 0 Å². The molecular formula is C58H37N4OP. The number of nitrogens with zero attached hydrogens (tertiary/aromatic N) is 4. The van der Waals surface area contributed by atoms with Crippen molar-refractivity contribution in [1.29, 1.82) is 0 Å². The van der Waals surface area contributed by atoms with Crippen molar-refractivity contribution in [3.63, 3.8) is 0 Å². The first-order chi connectivity index (χ1) is 31.6. The number of hydrogen-bond donors (Lipinski definition) is 0. The van der Waals surface area contributed by atoms with Crippen LogP contribution >= 0.6 is 7.29 Å². The molecule has 0 amide bonds. The summed E-state index contributed by atoms with van der Waals surface area (Å²) in [4.78, 5) is 15.2. The molecule has 6 heteroatoms. The van der Waals surface area contributed by atoms with Crippen LogP contribution in [-0.4, -0.2) is 15.0 Å². The molecule has 0 saturated carbocycles. The van der Waals surface area contributed by atoms with Gasteiger partial charge in [0.25, 0.3) is 7.29 Å². The van der Waals surface area contributed by atoms with Gasteiger partial charge in [-0.05, 0) is 97.6 Å². The topological polar surface area (TPSA) is 59.0 Å². The molecule has 9 aromatic carbocycles. The third-order valence-corrected chi connectivity index (χ3v) is 16.1. The molecule has 1 atom stereocenters. The number of rotatable bonds is 5. The normalized spacial score (nSPS) is 15.7. The number of fused-ring (bicyclic) bond motifs is 13. The Balaban J connectivity index is 1.01. The Bertz CT molecular complexity index is 3450. The van der Waals surface area contributed by atoms with Crippen molar-refractivity contribution in [3.05, 3.63) is 247 Å². The highest BCUT2D eigenvalue weighted by molar-refractivity contribution is 7.80. The second-order valence-electron chi connectivity index (χ2n) is 16.6. The van der Waals surface area contributed by atoms with Crippen molar-refractivity contribution in [2.24, 2.45) is 0 Å². The number of aromatic nitrogens is 3. The standard InChI is InChI=1S/C58H37N4OP/c63-64(57-60-55(38-18-4-1-5-19-38)59-56(61-57)39-20-6-2-7-21-39)54-31-17-13-27-46(54)48-37-41(33-35-53(48)62(64)42-22-8-3-9-23-42)40-32-34-52-47(36-40)45-26-12-16-30-51(45)58(52)49-28-14-10-24-43(49)44-25-11-15-29-50(44)58/h1-37H. The summed E-state index contributed by atoms with van der Waals surface area (Å²) in [5, 5.41) is 0.677. The van der Waals surface area contributed by atoms with Gasteiger partial charge >= 0.3 is 0 Å². The fourth-order valence-corrected chi connectivity index (χ4v) is 13.4. The second-order valence-corrected chi connectivity index (χ2v) is 19.1. The second kappa shape index (κ2) is 14.0. The lowest BCUT2D eigenvalue weighted by atomic mass is 9.70. The van der Waals surface area contributed by atoms with Crippen molar-refractivity contribution in [3.8, 4) is 67.3 Å². The van der Waals surface area contributed by atoms with E-state index in [-0.39, 0.29) is 5.57 Å². The molecule has 1 aromatic heterocycles. The Morgan fingerprint density at radius 1 is 0.359 bits per heavy atom. The minimum atomic E-state index is -3.85. The maximum atomic E-state index is 16.8. The lowest BCUT2D eigenvalue weighted by Gasteiger charge is -2.39. The van der Waals surface area contributed by atoms with Crippen molar-refractivity contribution < 1.29 is 4.57 Å². The Kier molecular flexibility index (Phi) is 8.03. The van der Waals surface area contributed by atoms with Crippen LogP contribution in [0.4, 0.5) is 11.4 Å². The molecule has 3 aliphatic rings. The van der Waals surface area contributed by atoms with E-state index >= 15 is 4.57 Å². The zero-order valence-corrected chi connectivity index (χ0v) is 35.4. The molecule has 10 aromatic rings. The molecule has 0 radical (unpaired) electrons. The number of anilines is 2. The summed E-state index contributed by atoms with van der Waals surface area (Å²) in [6.45, 7) is 0. The van der Waals surface area contributed by atoms with E-state index in [9.17, 15) is 0 Å². The van der Waals surface area contributed by atoms with Crippen LogP contribution in [-0.2, 0) is 9.98 Å². The van der Waals surface area contributed by atoms with E-state index in [1.807, 2.05) is 114 Å². The monoisotopic (exact) mass is 836 g/mol. The molecule has 2 heterocycles. The van der Waals surface area contributed by atoms with Gasteiger partial charge in [0.1, 0.15) is 0 Å². The summed E-state index contributed by atoms with van der Waals surface area (Å²) in [7, 11) is -3.85. The zero-order chi connectivity index (χ0) is 42.4. The average Bonchev–Trinajstić information content (AvgIpc) is 3.84. The van der Waals surface area contributed by atoms with Crippen LogP contribution in [0.2, 0.25) is 0 Å². The molecule has 0 fully saturated rings. The van der Waals surface area contributed by atoms with Crippen molar-refractivity contribution >= 4 is 29.5 Å². The molecule has 2 aliphatic carbocycles. The SMILES string of the molecule is O=P1(c2nc(-c3ccccc3)nc(-c3ccccc3)n2)c2ccccc2-c2cc(-c3ccc4c(c3)-c3ccccc3C43c4ccccc4-c4ccccc43)ccc2N1c1ccccc1. The van der Waals surface area contributed by atoms with Gasteiger partial charge in [-0.1, -0.05) is 188 Å². The van der Waals surface area contributed by atoms with Gasteiger partial charge in [0.2, 0.25) is 5.57 Å². The van der Waals surface area contributed by atoms with Crippen molar-refractivity contribution in [2.45, 2.75) is 5.41 Å². The van der Waals surface area contributed by atoms with Crippen molar-refractivity contribution in [1.82, 2.24) is 15.0 Å². The highest BCUT2D eigenvalue weighted by Crippen LogP contribution is 2.64. The van der Waals surface area contributed by atoms with Gasteiger partial charge in [0, 0.05) is 27.7 Å². The molecule has 300 valence electrons. The predicted molar refractivity (Wildman–Crippen MR) is 260 cm³/mol. The first-order valence-electron chi connectivity index (χ1n) is 21.6. The molecule has 0 saturated heterocycles. The first-order valence-corrected chi connectivity index (χ1v) is 23.3. The van der Waals surface area contributed by atoms with E-state index in [0.29, 0.717) is 17.0 Å². The van der Waals surface area contributed by atoms with E-state index < -0.39 is 12.7 Å². The molecule has 0 N–H and O–H groups in total. The fraction of sp³-hybridized carbons (Fsp3) is 0.0172. The van der Waals surface area contributed by atoms with Gasteiger partial charge in [0.15, 0.2) is 11.6 Å². The summed E-state index contributed by atoms with van der Waals surface area (Å²) in [6.07, 6.45) is 0. The first kappa shape index (κ1) is 36.7. The van der Waals surface area contributed by atoms with Gasteiger partial charge in [-0.2, -0.15) is 0 Å². The third kappa shape index (κ3) is 5.13. The molecule has 1 aliphatic heterocycles. The predicted octanol–water partition coefficient (Wildman–Crippen LogP) is 13.3. The Morgan fingerprint density at radius 2 is 0.797 bits per heavy atom. The van der Waals surface area contributed by atoms with Crippen molar-refractivity contribution in [2.75, 3.05) is 4.67 Å². The van der Waals surface area contributed by atoms with Gasteiger partial charge in [-0.3, -0.25) is 9.24 Å². The minimum absolute atomic E-state index is 0.229. The molecule has 64 heavy (non-hydrogen) atoms. The summed E-state index contributed by atoms with van der Waals surface area (Å²) in [5.41, 5.74) is 17.5. The number of benzene rings is 9. The average molecular weight is 837 g/mol. The van der Waals surface area contributed by atoms with Gasteiger partial charge in [-0.25, -0.2) is 15.0 Å². The summed E-state index contributed by atoms with van der Waals surface area (Å²) >= 11 is 0. The lowest BCUT2D eigenvalue weighted by Crippen LogP contribution is -2.37. The maximum Gasteiger partial charge on any atom is 0.270 e. The highest BCUT2D eigenvalue weighted by Gasteiger charge is 2.51. The Morgan fingerprint density at radius 3 is 1.38 bits per heavy atom. The summed E-state index contributed by atoms with van der Waals surface area (Å²) < 4.78 is 18.8. The molecule has 1 spiro atoms. The van der Waals surface area contributed by atoms with Crippen LogP contribution in [0.15, 0.2) is 224 Å². The van der Waals surface area contributed by atoms with Crippen LogP contribution in [0.1, 0.15) is 22.3 Å². The molecule has 5 nitrogen and oxygen atoms in total. The third-order valence-electron chi connectivity index (χ3n) is 13.3. The Hall–Kier alpha value is -7.98. The van der Waals surface area contributed by atoms with Gasteiger partial charge in [0.05, 0.1) is 11.1 Å². The van der Waals surface area contributed by atoms with Crippen LogP contribution in [0.3, 0.4) is 0 Å². The summed E-state index contributed by atoms with van der Waals surface area (Å²) in [5.74, 6) is 0.937. The quantitative estimate of drug-likeness (QED) is 0.162. The lowest BCUT2D eigenvalue weighted by molar-refractivity contribution is 0.585. The van der Waals surface area contributed by atoms with E-state index in [1.54, 1.807) is 0 Å². The van der Waals surface area contributed by atoms with Crippen LogP contribution < -0.4 is 15.5 Å². The largest absolute Gasteiger partial charge is 0.286 e. The number of para-hydroxylation sites is 1. The highest BCUT2D eigenvalue weighted by atomic mass is 31.2. The fourth-order valence-electron chi connectivity index (χ4n) is 10.6. The zero-order valence-electron chi connectivity index (χ0n) is 34.5. The molecule has 13 rings (SSSR count). The van der Waals surface area contributed by atoms with Crippen LogP contribution in [0, 0.1) is 0 Å². The summed E-state index contributed by atoms with van der Waals surface area (Å²) in [6, 6.07) is 78.1. The van der Waals surface area contributed by atoms with E-state index in [1.165, 1.54) is 44.5 Å². The van der Waals surface area contributed by atoms with Crippen LogP contribution in [0.25, 0.3) is 67.3 Å². The smallest absolute Gasteiger partial charge is 0.270 e. The maximum absolute atomic E-state index is 16.8. The Labute approximate surface area is 371 Å². The molecular weight excluding hydrogens is 800 g/mol. The van der Waals surface area contributed by atoms with E-state index in [2.05, 4.69) is 115 Å². The molecule has 0 bridgehead atoms. The number of hydrogen-bond acceptors (Lipinski definition) is 4. The molecule has 1 unspecified atom stereocenters.